The van der Waals surface area contributed by atoms with Crippen molar-refractivity contribution in [2.24, 2.45) is 0 Å². The number of rotatable bonds is 23. The maximum absolute atomic E-state index is 15.7. The van der Waals surface area contributed by atoms with Crippen molar-refractivity contribution in [3.8, 4) is 35.2 Å². The van der Waals surface area contributed by atoms with Crippen LogP contribution in [0.15, 0.2) is 59.5 Å². The molecule has 4 fully saturated rings. The van der Waals surface area contributed by atoms with Crippen LogP contribution in [0.1, 0.15) is 64.2 Å². The molecule has 6 aliphatic heterocycles. The molecular formula is C60H80N4O22S4. The first-order valence-corrected chi connectivity index (χ1v) is 33.8. The number of alkyl carbamates (subject to hydrolysis) is 1. The zero-order chi connectivity index (χ0) is 65.4. The molecule has 2 unspecified atom stereocenters. The molecule has 90 heavy (non-hydrogen) atoms. The summed E-state index contributed by atoms with van der Waals surface area (Å²) in [6.45, 7) is 12.7. The Bertz CT molecular complexity index is 3000. The third-order valence-corrected chi connectivity index (χ3v) is 21.0. The van der Waals surface area contributed by atoms with Gasteiger partial charge in [0.1, 0.15) is 30.5 Å². The van der Waals surface area contributed by atoms with Gasteiger partial charge in [-0.3, -0.25) is 19.7 Å². The second-order valence-electron chi connectivity index (χ2n) is 22.1. The van der Waals surface area contributed by atoms with Crippen LogP contribution in [0.4, 0.5) is 10.5 Å². The highest BCUT2D eigenvalue weighted by Crippen LogP contribution is 2.48. The van der Waals surface area contributed by atoms with E-state index in [4.69, 9.17) is 66.4 Å². The number of hydrogen-bond acceptors (Lipinski definition) is 28. The van der Waals surface area contributed by atoms with E-state index in [0.29, 0.717) is 0 Å². The quantitative estimate of drug-likeness (QED) is 0.0195. The Morgan fingerprint density at radius 2 is 1.58 bits per heavy atom. The van der Waals surface area contributed by atoms with Crippen LogP contribution in [0.3, 0.4) is 0 Å². The Morgan fingerprint density at radius 3 is 2.24 bits per heavy atom. The van der Waals surface area contributed by atoms with Gasteiger partial charge < -0.3 is 92.6 Å². The molecule has 6 heterocycles. The molecule has 1 aliphatic carbocycles. The number of fused-ring (bicyclic) bond motifs is 3. The van der Waals surface area contributed by atoms with Crippen LogP contribution < -0.4 is 30.9 Å². The lowest BCUT2D eigenvalue weighted by atomic mass is 9.73. The fraction of sp³-hybridized carbons (Fsp3) is 0.633. The number of carbonyl (C=O) groups excluding carboxylic acids is 4. The molecule has 8 rings (SSSR count). The average Bonchev–Trinajstić information content (AvgIpc) is 1.01. The Morgan fingerprint density at radius 1 is 0.856 bits per heavy atom. The Balaban J connectivity index is 1.17. The third kappa shape index (κ3) is 16.1. The molecule has 0 aromatic heterocycles. The highest BCUT2D eigenvalue weighted by molar-refractivity contribution is 8.78. The third-order valence-electron chi connectivity index (χ3n) is 15.9. The van der Waals surface area contributed by atoms with E-state index in [1.807, 2.05) is 33.3 Å². The molecule has 2 bridgehead atoms. The lowest BCUT2D eigenvalue weighted by Gasteiger charge is -2.47. The predicted octanol–water partition coefficient (Wildman–Crippen LogP) is 3.21. The first-order chi connectivity index (χ1) is 42.9. The van der Waals surface area contributed by atoms with Gasteiger partial charge >= 0.3 is 12.1 Å². The molecule has 0 spiro atoms. The van der Waals surface area contributed by atoms with Crippen molar-refractivity contribution < 1.29 is 106 Å². The summed E-state index contributed by atoms with van der Waals surface area (Å²) in [6, 6.07) is 1.39. The summed E-state index contributed by atoms with van der Waals surface area (Å²) in [5.41, 5.74) is -0.864. The van der Waals surface area contributed by atoms with Crippen LogP contribution in [0.5, 0.6) is 11.5 Å². The number of esters is 1. The molecule has 1 aromatic carbocycles. The zero-order valence-electron chi connectivity index (χ0n) is 51.9. The standard InChI is InChI=1S/C60H80N4O22S4/c1-28(2)61-36-27-78-43(25-39(36)74-8)84-52-50(67)47(64-86-45-24-37(65)53(87-12)31(5)80-45)29(3)81-57(52)83-38-16-20-59(90-88-13)18-14-15-19-60(72)34(17-21-89-59)46(38)48(63-58(71)77-11)51(68)54(60)85-44-26-42(49(66)30(4)79-44)82-56(70)33-22-40(75-9)41(76-10)23-35(33)62-55(69)32(6)73-7/h14,17-18,22-23,28-31,36-39,42-45,47,49-50,52-54,57,61,64-67,72H,6,21,24-27H2,1-5,7-13H3,(H,62,69)(H,63,71)/t29-,30+,31-,36+,37+,38+,39+,42+,43+,44?,45+,47-,49+,50+,52-,53-,54-,57+,59?,60-/m1/s1. The largest absolute Gasteiger partial charge is 0.493 e. The van der Waals surface area contributed by atoms with E-state index >= 15 is 4.79 Å². The van der Waals surface area contributed by atoms with E-state index in [-0.39, 0.29) is 88.3 Å². The van der Waals surface area contributed by atoms with Gasteiger partial charge in [0.25, 0.3) is 5.91 Å². The fourth-order valence-corrected chi connectivity index (χ4v) is 15.9. The zero-order valence-corrected chi connectivity index (χ0v) is 55.1. The van der Waals surface area contributed by atoms with Gasteiger partial charge in [-0.2, -0.15) is 17.2 Å². The summed E-state index contributed by atoms with van der Waals surface area (Å²) in [7, 11) is 9.38. The summed E-state index contributed by atoms with van der Waals surface area (Å²) in [4.78, 5) is 62.7. The normalized spacial score (nSPS) is 35.7. The van der Waals surface area contributed by atoms with Crippen molar-refractivity contribution in [2.75, 3.05) is 65.7 Å². The van der Waals surface area contributed by atoms with Crippen LogP contribution in [-0.4, -0.2) is 230 Å². The predicted molar refractivity (Wildman–Crippen MR) is 333 cm³/mol. The molecule has 2 amide bonds. The number of aliphatic hydroxyl groups excluding tert-OH is 3. The van der Waals surface area contributed by atoms with E-state index < -0.39 is 138 Å². The lowest BCUT2D eigenvalue weighted by molar-refractivity contribution is -0.336. The molecule has 26 nitrogen and oxygen atoms in total. The molecule has 4 saturated heterocycles. The van der Waals surface area contributed by atoms with Crippen molar-refractivity contribution in [1.82, 2.24) is 16.1 Å². The molecule has 30 heteroatoms. The molecule has 8 N–H and O–H groups in total. The van der Waals surface area contributed by atoms with Crippen LogP contribution in [0.2, 0.25) is 0 Å². The monoisotopic (exact) mass is 1340 g/mol. The number of carbonyl (C=O) groups is 4. The number of ether oxygens (including phenoxy) is 13. The van der Waals surface area contributed by atoms with Gasteiger partial charge in [-0.05, 0) is 45.4 Å². The van der Waals surface area contributed by atoms with Gasteiger partial charge in [-0.1, -0.05) is 71.8 Å². The molecule has 20 atom stereocenters. The summed E-state index contributed by atoms with van der Waals surface area (Å²) >= 11 is 2.83. The van der Waals surface area contributed by atoms with Crippen molar-refractivity contribution >= 4 is 74.6 Å². The number of allylic oxidation sites excluding steroid dienone is 1. The first-order valence-electron chi connectivity index (χ1n) is 28.9. The van der Waals surface area contributed by atoms with Gasteiger partial charge in [0, 0.05) is 61.4 Å². The van der Waals surface area contributed by atoms with E-state index in [9.17, 15) is 34.8 Å². The second kappa shape index (κ2) is 31.5. The van der Waals surface area contributed by atoms with E-state index in [1.165, 1.54) is 91.6 Å². The number of anilines is 1. The number of Topliss-reactive ketones (excluding diaryl/α,β-unsaturated/α-hetero) is 1. The smallest absolute Gasteiger partial charge is 0.411 e. The van der Waals surface area contributed by atoms with Gasteiger partial charge in [-0.15, -0.1) is 11.8 Å². The maximum atomic E-state index is 15.7. The number of aliphatic hydroxyl groups is 4. The number of hydrogen-bond donors (Lipinski definition) is 8. The number of benzene rings is 1. The summed E-state index contributed by atoms with van der Waals surface area (Å²) in [5, 5.41) is 57.0. The van der Waals surface area contributed by atoms with Crippen molar-refractivity contribution in [3.63, 3.8) is 0 Å². The van der Waals surface area contributed by atoms with Crippen LogP contribution in [-0.2, 0) is 66.5 Å². The highest BCUT2D eigenvalue weighted by atomic mass is 33.1. The summed E-state index contributed by atoms with van der Waals surface area (Å²) in [6.07, 6.45) is -11.1. The average molecular weight is 1340 g/mol. The minimum absolute atomic E-state index is 0.0860. The number of methoxy groups -OCH3 is 5. The SMILES string of the molecule is C=C(OC)C(=O)Nc1cc(OC)c(OC)cc1C(=O)O[C@H]1CC(O[C@@H]2C(=O)C(NC(=O)OC)=C3C4=CCSC(SSC)(C#C[C@@H]3O[C@@H]3O[C@H](C)[C@@H](NO[C@H]5C[C@H](O)[C@H](SC)[C@@H](C)O5)[C@H](O)[C@H]3O[C@H]3C[C@H](OC)[C@@H](NC(C)C)CO3)C=CC#C[C@@]42O)O[C@@H](C)[C@@H]1O. The fourth-order valence-electron chi connectivity index (χ4n) is 11.3. The van der Waals surface area contributed by atoms with Crippen LogP contribution in [0, 0.1) is 23.7 Å². The topological polar surface area (TPSA) is 327 Å². The number of ketones is 1. The molecule has 1 aromatic rings. The van der Waals surface area contributed by atoms with E-state index in [0.717, 1.165) is 7.11 Å². The number of nitrogens with one attached hydrogen (secondary N) is 4. The Kier molecular flexibility index (Phi) is 25.0. The van der Waals surface area contributed by atoms with E-state index in [2.05, 4.69) is 51.7 Å². The number of thioether (sulfide) groups is 2. The van der Waals surface area contributed by atoms with Crippen molar-refractivity contribution in [1.29, 1.82) is 0 Å². The number of amides is 2. The van der Waals surface area contributed by atoms with E-state index in [1.54, 1.807) is 26.2 Å². The maximum Gasteiger partial charge on any atom is 0.411 e. The van der Waals surface area contributed by atoms with Crippen LogP contribution >= 0.6 is 45.1 Å². The molecule has 496 valence electrons. The summed E-state index contributed by atoms with van der Waals surface area (Å²) in [5.74, 6) is 9.42. The first kappa shape index (κ1) is 71.2. The number of hydroxylamine groups is 1. The van der Waals surface area contributed by atoms with Gasteiger partial charge in [0.2, 0.25) is 5.78 Å². The van der Waals surface area contributed by atoms with Gasteiger partial charge in [-0.25, -0.2) is 9.59 Å². The molecule has 7 aliphatic rings. The van der Waals surface area contributed by atoms with Crippen LogP contribution in [0.25, 0.3) is 0 Å². The van der Waals surface area contributed by atoms with Crippen molar-refractivity contribution in [3.05, 3.63) is 65.1 Å². The molecular weight excluding hydrogens is 1260 g/mol. The second-order valence-corrected chi connectivity index (χ2v) is 27.3. The Hall–Kier alpha value is -4.62. The van der Waals surface area contributed by atoms with Gasteiger partial charge in [0.05, 0.1) is 99.8 Å². The lowest BCUT2D eigenvalue weighted by Crippen LogP contribution is -2.65. The van der Waals surface area contributed by atoms with Crippen molar-refractivity contribution in [2.45, 2.75) is 179 Å². The minimum atomic E-state index is -2.65. The summed E-state index contributed by atoms with van der Waals surface area (Å²) < 4.78 is 77.2. The Labute approximate surface area is 539 Å². The molecule has 0 saturated carbocycles. The minimum Gasteiger partial charge on any atom is -0.493 e. The highest BCUT2D eigenvalue weighted by Gasteiger charge is 2.57. The van der Waals surface area contributed by atoms with Gasteiger partial charge in [0.15, 0.2) is 58.2 Å². The molecule has 0 radical (unpaired) electrons.